The Morgan fingerprint density at radius 2 is 2.38 bits per heavy atom. The number of hydrogen-bond acceptors (Lipinski definition) is 6. The summed E-state index contributed by atoms with van der Waals surface area (Å²) in [6, 6.07) is 0. The summed E-state index contributed by atoms with van der Waals surface area (Å²) in [7, 11) is 1.33. The smallest absolute Gasteiger partial charge is 0.318 e. The second kappa shape index (κ2) is 5.86. The van der Waals surface area contributed by atoms with Crippen molar-refractivity contribution in [1.82, 2.24) is 4.98 Å². The third-order valence-corrected chi connectivity index (χ3v) is 3.77. The summed E-state index contributed by atoms with van der Waals surface area (Å²) in [5, 5.41) is 9.91. The van der Waals surface area contributed by atoms with Crippen LogP contribution < -0.4 is 0 Å². The quantitative estimate of drug-likeness (QED) is 0.638. The van der Waals surface area contributed by atoms with Gasteiger partial charge in [0.05, 0.1) is 19.2 Å². The number of rotatable bonds is 5. The van der Waals surface area contributed by atoms with Gasteiger partial charge < -0.3 is 9.84 Å². The van der Waals surface area contributed by atoms with Crippen LogP contribution in [0.4, 0.5) is 0 Å². The Morgan fingerprint density at radius 1 is 1.69 bits per heavy atom. The summed E-state index contributed by atoms with van der Waals surface area (Å²) in [6.45, 7) is 1.72. The molecule has 1 aromatic rings. The van der Waals surface area contributed by atoms with Crippen molar-refractivity contribution in [2.75, 3.05) is 7.11 Å². The molecule has 16 heavy (non-hydrogen) atoms. The molecule has 1 aromatic heterocycles. The van der Waals surface area contributed by atoms with Crippen molar-refractivity contribution in [1.29, 1.82) is 0 Å². The van der Waals surface area contributed by atoms with Gasteiger partial charge in [-0.2, -0.15) is 0 Å². The van der Waals surface area contributed by atoms with Crippen molar-refractivity contribution in [2.45, 2.75) is 22.9 Å². The Hall–Kier alpha value is -1.08. The molecule has 1 rings (SSSR count). The molecule has 0 fully saturated rings. The van der Waals surface area contributed by atoms with E-state index in [-0.39, 0.29) is 17.6 Å². The van der Waals surface area contributed by atoms with Crippen LogP contribution in [0.15, 0.2) is 9.72 Å². The van der Waals surface area contributed by atoms with Gasteiger partial charge in [0, 0.05) is 5.38 Å². The number of carbonyl (C=O) groups excluding carboxylic acids is 1. The van der Waals surface area contributed by atoms with E-state index in [4.69, 9.17) is 5.11 Å². The number of hydrogen-bond donors (Lipinski definition) is 1. The lowest BCUT2D eigenvalue weighted by molar-refractivity contribution is -0.139. The van der Waals surface area contributed by atoms with Gasteiger partial charge in [-0.1, -0.05) is 11.8 Å². The van der Waals surface area contributed by atoms with Crippen molar-refractivity contribution in [3.05, 3.63) is 11.1 Å². The van der Waals surface area contributed by atoms with Crippen molar-refractivity contribution >= 4 is 35.0 Å². The van der Waals surface area contributed by atoms with E-state index in [9.17, 15) is 9.59 Å². The predicted octanol–water partition coefficient (Wildman–Crippen LogP) is 1.42. The highest BCUT2D eigenvalue weighted by Gasteiger charge is 2.17. The molecule has 0 radical (unpaired) electrons. The fourth-order valence-electron chi connectivity index (χ4n) is 0.944. The van der Waals surface area contributed by atoms with Gasteiger partial charge in [-0.05, 0) is 6.92 Å². The largest absolute Gasteiger partial charge is 0.481 e. The Bertz CT molecular complexity index is 391. The van der Waals surface area contributed by atoms with E-state index in [1.807, 2.05) is 0 Å². The van der Waals surface area contributed by atoms with E-state index < -0.39 is 5.97 Å². The van der Waals surface area contributed by atoms with E-state index >= 15 is 0 Å². The minimum Gasteiger partial charge on any atom is -0.481 e. The SMILES string of the molecule is COC(=O)C(C)Sc1nc(CC(=O)O)cs1. The van der Waals surface area contributed by atoms with Crippen LogP contribution in [0.5, 0.6) is 0 Å². The molecule has 5 nitrogen and oxygen atoms in total. The zero-order chi connectivity index (χ0) is 12.1. The van der Waals surface area contributed by atoms with Gasteiger partial charge in [-0.3, -0.25) is 9.59 Å². The molecule has 88 valence electrons. The van der Waals surface area contributed by atoms with Crippen LogP contribution in [0.25, 0.3) is 0 Å². The molecule has 0 amide bonds. The van der Waals surface area contributed by atoms with Crippen LogP contribution in [-0.4, -0.2) is 34.4 Å². The second-order valence-electron chi connectivity index (χ2n) is 2.96. The van der Waals surface area contributed by atoms with Crippen LogP contribution in [-0.2, 0) is 20.7 Å². The summed E-state index contributed by atoms with van der Waals surface area (Å²) in [5.41, 5.74) is 0.511. The molecule has 0 bridgehead atoms. The molecular weight excluding hydrogens is 250 g/mol. The topological polar surface area (TPSA) is 76.5 Å². The minimum atomic E-state index is -0.914. The number of thioether (sulfide) groups is 1. The lowest BCUT2D eigenvalue weighted by Gasteiger charge is -2.05. The molecule has 0 saturated carbocycles. The van der Waals surface area contributed by atoms with Crippen LogP contribution in [0, 0.1) is 0 Å². The highest BCUT2D eigenvalue weighted by Crippen LogP contribution is 2.27. The number of aromatic nitrogens is 1. The highest BCUT2D eigenvalue weighted by molar-refractivity contribution is 8.02. The van der Waals surface area contributed by atoms with E-state index in [2.05, 4.69) is 9.72 Å². The Kier molecular flexibility index (Phi) is 4.75. The molecule has 0 saturated heterocycles. The van der Waals surface area contributed by atoms with Crippen molar-refractivity contribution in [2.24, 2.45) is 0 Å². The standard InChI is InChI=1S/C9H11NO4S2/c1-5(8(13)14-2)16-9-10-6(4-15-9)3-7(11)12/h4-5H,3H2,1-2H3,(H,11,12). The molecule has 0 aliphatic heterocycles. The number of carboxylic acid groups (broad SMARTS) is 1. The molecule has 0 aliphatic rings. The lowest BCUT2D eigenvalue weighted by atomic mass is 10.3. The van der Waals surface area contributed by atoms with Crippen LogP contribution in [0.1, 0.15) is 12.6 Å². The maximum Gasteiger partial charge on any atom is 0.318 e. The van der Waals surface area contributed by atoms with E-state index in [1.165, 1.54) is 30.2 Å². The molecule has 0 aliphatic carbocycles. The number of carboxylic acids is 1. The number of methoxy groups -OCH3 is 1. The van der Waals surface area contributed by atoms with Crippen LogP contribution in [0.3, 0.4) is 0 Å². The molecule has 1 unspecified atom stereocenters. The zero-order valence-electron chi connectivity index (χ0n) is 8.80. The summed E-state index contributed by atoms with van der Waals surface area (Å²) >= 11 is 2.59. The fourth-order valence-corrected chi connectivity index (χ4v) is 2.95. The fraction of sp³-hybridized carbons (Fsp3) is 0.444. The van der Waals surface area contributed by atoms with E-state index in [0.717, 1.165) is 0 Å². The molecule has 1 atom stereocenters. The Balaban J connectivity index is 2.58. The monoisotopic (exact) mass is 261 g/mol. The Labute approximate surface area is 101 Å². The molecule has 0 aromatic carbocycles. The van der Waals surface area contributed by atoms with Gasteiger partial charge in [0.15, 0.2) is 4.34 Å². The molecule has 1 N–H and O–H groups in total. The summed E-state index contributed by atoms with van der Waals surface area (Å²) in [5.74, 6) is -1.23. The number of thiazole rings is 1. The normalized spacial score (nSPS) is 12.1. The molecule has 0 spiro atoms. The first kappa shape index (κ1) is 13.0. The molecule has 7 heteroatoms. The first-order valence-electron chi connectivity index (χ1n) is 4.43. The van der Waals surface area contributed by atoms with Gasteiger partial charge in [0.2, 0.25) is 0 Å². The van der Waals surface area contributed by atoms with Gasteiger partial charge in [-0.25, -0.2) is 4.98 Å². The number of esters is 1. The summed E-state index contributed by atoms with van der Waals surface area (Å²) in [4.78, 5) is 25.7. The third kappa shape index (κ3) is 3.82. The van der Waals surface area contributed by atoms with Crippen molar-refractivity contribution < 1.29 is 19.4 Å². The van der Waals surface area contributed by atoms with E-state index in [0.29, 0.717) is 10.0 Å². The molecular formula is C9H11NO4S2. The number of carbonyl (C=O) groups is 2. The first-order valence-corrected chi connectivity index (χ1v) is 6.19. The average Bonchev–Trinajstić information content (AvgIpc) is 2.63. The van der Waals surface area contributed by atoms with Gasteiger partial charge in [0.25, 0.3) is 0 Å². The van der Waals surface area contributed by atoms with Crippen LogP contribution in [0.2, 0.25) is 0 Å². The van der Waals surface area contributed by atoms with Gasteiger partial charge in [-0.15, -0.1) is 11.3 Å². The van der Waals surface area contributed by atoms with Crippen molar-refractivity contribution in [3.63, 3.8) is 0 Å². The van der Waals surface area contributed by atoms with Gasteiger partial charge >= 0.3 is 11.9 Å². The third-order valence-electron chi connectivity index (χ3n) is 1.67. The maximum atomic E-state index is 11.1. The minimum absolute atomic E-state index is 0.0936. The van der Waals surface area contributed by atoms with Crippen LogP contribution >= 0.6 is 23.1 Å². The summed E-state index contributed by atoms with van der Waals surface area (Å²) in [6.07, 6.45) is -0.0936. The summed E-state index contributed by atoms with van der Waals surface area (Å²) < 4.78 is 5.25. The Morgan fingerprint density at radius 3 is 2.94 bits per heavy atom. The average molecular weight is 261 g/mol. The zero-order valence-corrected chi connectivity index (χ0v) is 10.4. The van der Waals surface area contributed by atoms with Crippen molar-refractivity contribution in [3.8, 4) is 0 Å². The lowest BCUT2D eigenvalue weighted by Crippen LogP contribution is -2.14. The molecule has 1 heterocycles. The highest BCUT2D eigenvalue weighted by atomic mass is 32.2. The van der Waals surface area contributed by atoms with Gasteiger partial charge in [0.1, 0.15) is 5.25 Å². The first-order chi connectivity index (χ1) is 7.52. The second-order valence-corrected chi connectivity index (χ2v) is 5.40. The van der Waals surface area contributed by atoms with E-state index in [1.54, 1.807) is 12.3 Å². The predicted molar refractivity (Wildman–Crippen MR) is 60.8 cm³/mol. The maximum absolute atomic E-state index is 11.1. The number of ether oxygens (including phenoxy) is 1. The number of aliphatic carboxylic acids is 1. The number of nitrogens with zero attached hydrogens (tertiary/aromatic N) is 1.